The molecule has 2 rings (SSSR count). The maximum Gasteiger partial charge on any atom is 0.0702 e. The average molecular weight is 269 g/mol. The van der Waals surface area contributed by atoms with Crippen LogP contribution in [0.25, 0.3) is 10.9 Å². The van der Waals surface area contributed by atoms with Gasteiger partial charge in [0.25, 0.3) is 0 Å². The van der Waals surface area contributed by atoms with Crippen LogP contribution in [-0.4, -0.2) is 9.50 Å². The highest BCUT2D eigenvalue weighted by Crippen LogP contribution is 2.16. The number of hydrogen-bond acceptors (Lipinski definition) is 1. The summed E-state index contributed by atoms with van der Waals surface area (Å²) in [7, 11) is 0. The minimum atomic E-state index is -0.0433. The van der Waals surface area contributed by atoms with Crippen LogP contribution in [0.5, 0.6) is 0 Å². The molecule has 2 aromatic rings. The smallest absolute Gasteiger partial charge is 0.0702 e. The lowest BCUT2D eigenvalue weighted by molar-refractivity contribution is 1.41. The first-order valence-corrected chi connectivity index (χ1v) is 6.24. The van der Waals surface area contributed by atoms with Crippen LogP contribution in [0, 0.1) is 3.57 Å². The Labute approximate surface area is 81.2 Å². The summed E-state index contributed by atoms with van der Waals surface area (Å²) >= 11 is -0.0433. The Morgan fingerprint density at radius 3 is 3.00 bits per heavy atom. The van der Waals surface area contributed by atoms with E-state index in [1.165, 1.54) is 8.96 Å². The molecule has 0 bridgehead atoms. The first-order chi connectivity index (χ1) is 5.90. The molecule has 1 heterocycles. The molecule has 0 aliphatic heterocycles. The van der Waals surface area contributed by atoms with Crippen LogP contribution in [0.15, 0.2) is 36.5 Å². The monoisotopic (exact) mass is 269 g/mol. The Balaban J connectivity index is 2.75. The van der Waals surface area contributed by atoms with Crippen LogP contribution in [0.4, 0.5) is 0 Å². The molecule has 0 saturated carbocycles. The summed E-state index contributed by atoms with van der Waals surface area (Å²) in [5.74, 6) is 0. The fraction of sp³-hybridized carbons (Fsp3) is 0. The molecule has 1 aromatic carbocycles. The van der Waals surface area contributed by atoms with Gasteiger partial charge in [-0.05, 0) is 24.3 Å². The number of rotatable bonds is 1. The van der Waals surface area contributed by atoms with Gasteiger partial charge >= 0.3 is 0 Å². The van der Waals surface area contributed by atoms with Gasteiger partial charge in [0, 0.05) is 15.2 Å². The van der Waals surface area contributed by atoms with Crippen molar-refractivity contribution in [2.75, 3.05) is 0 Å². The third-order valence-corrected chi connectivity index (χ3v) is 3.27. The van der Waals surface area contributed by atoms with Gasteiger partial charge in [0.1, 0.15) is 0 Å². The van der Waals surface area contributed by atoms with E-state index in [0.29, 0.717) is 0 Å². The molecule has 60 valence electrons. The molecule has 0 aliphatic rings. The molecule has 0 atom stereocenters. The predicted molar refractivity (Wildman–Crippen MR) is 61.6 cm³/mol. The first kappa shape index (κ1) is 7.86. The topological polar surface area (TPSA) is 12.9 Å². The van der Waals surface area contributed by atoms with Crippen LogP contribution in [0.1, 0.15) is 0 Å². The van der Waals surface area contributed by atoms with Crippen LogP contribution in [0.3, 0.4) is 0 Å². The molecule has 1 aromatic heterocycles. The van der Waals surface area contributed by atoms with E-state index in [-0.39, 0.29) is 20.7 Å². The summed E-state index contributed by atoms with van der Waals surface area (Å²) in [4.78, 5) is 4.25. The number of hydrogen-bond donors (Lipinski definition) is 0. The second-order valence-electron chi connectivity index (χ2n) is 2.47. The number of nitrogens with zero attached hydrogens (tertiary/aromatic N) is 1. The molecule has 0 aliphatic carbocycles. The number of pyridine rings is 1. The zero-order chi connectivity index (χ0) is 8.39. The lowest BCUT2D eigenvalue weighted by Gasteiger charge is -1.96. The number of aromatic nitrogens is 1. The highest BCUT2D eigenvalue weighted by atomic mass is 127. The van der Waals surface area contributed by atoms with Crippen LogP contribution in [0.2, 0.25) is 0 Å². The minimum absolute atomic E-state index is 0.0433. The molecule has 0 spiro atoms. The summed E-state index contributed by atoms with van der Waals surface area (Å²) in [5, 5.41) is 1.22. The van der Waals surface area contributed by atoms with Crippen molar-refractivity contribution in [3.8, 4) is 0 Å². The third kappa shape index (κ3) is 1.39. The SMILES string of the molecule is C=Ic1ccc2ncccc2c1. The van der Waals surface area contributed by atoms with Crippen LogP contribution >= 0.6 is 20.7 Å². The number of fused-ring (bicyclic) bond motifs is 1. The van der Waals surface area contributed by atoms with Gasteiger partial charge in [-0.15, -0.1) is 0 Å². The van der Waals surface area contributed by atoms with Gasteiger partial charge in [-0.3, -0.25) is 4.98 Å². The average Bonchev–Trinajstić information content (AvgIpc) is 2.17. The predicted octanol–water partition coefficient (Wildman–Crippen LogP) is 2.81. The fourth-order valence-corrected chi connectivity index (χ4v) is 2.12. The van der Waals surface area contributed by atoms with Crippen molar-refractivity contribution in [1.82, 2.24) is 4.98 Å². The van der Waals surface area contributed by atoms with E-state index in [1.54, 1.807) is 0 Å². The van der Waals surface area contributed by atoms with Crippen molar-refractivity contribution < 1.29 is 0 Å². The molecule has 0 amide bonds. The summed E-state index contributed by atoms with van der Waals surface area (Å²) in [6.45, 7) is 0. The molecule has 0 N–H and O–H groups in total. The fourth-order valence-electron chi connectivity index (χ4n) is 1.13. The molecular formula is C10H8IN. The van der Waals surface area contributed by atoms with Gasteiger partial charge in [0.2, 0.25) is 0 Å². The Kier molecular flexibility index (Phi) is 2.17. The molecule has 0 fully saturated rings. The molecule has 0 saturated heterocycles. The standard InChI is InChI=1S/C10H8IN/c1-11-9-4-5-10-8(7-9)3-2-6-12-10/h2-7H,1H2. The molecule has 1 nitrogen and oxygen atoms in total. The summed E-state index contributed by atoms with van der Waals surface area (Å²) < 4.78 is 5.32. The molecule has 0 unspecified atom stereocenters. The van der Waals surface area contributed by atoms with E-state index in [0.717, 1.165) is 5.52 Å². The van der Waals surface area contributed by atoms with E-state index in [1.807, 2.05) is 12.3 Å². The largest absolute Gasteiger partial charge is 0.256 e. The summed E-state index contributed by atoms with van der Waals surface area (Å²) in [5.41, 5.74) is 1.07. The van der Waals surface area contributed by atoms with Crippen molar-refractivity contribution in [3.63, 3.8) is 0 Å². The Morgan fingerprint density at radius 2 is 2.17 bits per heavy atom. The highest BCUT2D eigenvalue weighted by molar-refractivity contribution is 14.2. The van der Waals surface area contributed by atoms with Crippen molar-refractivity contribution in [3.05, 3.63) is 40.1 Å². The minimum Gasteiger partial charge on any atom is -0.256 e. The van der Waals surface area contributed by atoms with Crippen molar-refractivity contribution in [2.24, 2.45) is 0 Å². The summed E-state index contributed by atoms with van der Waals surface area (Å²) in [6.07, 6.45) is 1.82. The van der Waals surface area contributed by atoms with E-state index >= 15 is 0 Å². The van der Waals surface area contributed by atoms with Gasteiger partial charge in [-0.25, -0.2) is 0 Å². The van der Waals surface area contributed by atoms with E-state index in [9.17, 15) is 0 Å². The summed E-state index contributed by atoms with van der Waals surface area (Å²) in [6, 6.07) is 10.4. The molecule has 2 heteroatoms. The molecular weight excluding hydrogens is 261 g/mol. The zero-order valence-corrected chi connectivity index (χ0v) is 8.65. The first-order valence-electron chi connectivity index (χ1n) is 3.63. The third-order valence-electron chi connectivity index (χ3n) is 1.72. The second kappa shape index (κ2) is 3.31. The molecule has 12 heavy (non-hydrogen) atoms. The maximum absolute atomic E-state index is 4.25. The Morgan fingerprint density at radius 1 is 1.25 bits per heavy atom. The lowest BCUT2D eigenvalue weighted by Crippen LogP contribution is -1.77. The van der Waals surface area contributed by atoms with Gasteiger partial charge in [-0.2, -0.15) is 0 Å². The van der Waals surface area contributed by atoms with Gasteiger partial charge < -0.3 is 0 Å². The van der Waals surface area contributed by atoms with Crippen LogP contribution in [-0.2, 0) is 0 Å². The normalized spacial score (nSPS) is 10.3. The number of halogens is 1. The lowest BCUT2D eigenvalue weighted by atomic mass is 10.2. The van der Waals surface area contributed by atoms with Crippen molar-refractivity contribution >= 4 is 36.1 Å². The Hall–Kier alpha value is -0.770. The zero-order valence-electron chi connectivity index (χ0n) is 6.50. The van der Waals surface area contributed by atoms with E-state index in [4.69, 9.17) is 0 Å². The maximum atomic E-state index is 4.25. The number of benzene rings is 1. The highest BCUT2D eigenvalue weighted by Gasteiger charge is 1.92. The van der Waals surface area contributed by atoms with Crippen molar-refractivity contribution in [2.45, 2.75) is 0 Å². The van der Waals surface area contributed by atoms with Gasteiger partial charge in [-0.1, -0.05) is 31.3 Å². The second-order valence-corrected chi connectivity index (χ2v) is 4.48. The van der Waals surface area contributed by atoms with E-state index in [2.05, 4.69) is 33.8 Å². The Bertz CT molecular complexity index is 423. The van der Waals surface area contributed by atoms with Gasteiger partial charge in [0.15, 0.2) is 0 Å². The van der Waals surface area contributed by atoms with E-state index < -0.39 is 0 Å². The quantitative estimate of drug-likeness (QED) is 0.725. The molecule has 0 radical (unpaired) electrons. The van der Waals surface area contributed by atoms with Gasteiger partial charge in [0.05, 0.1) is 5.52 Å². The van der Waals surface area contributed by atoms with Crippen LogP contribution < -0.4 is 0 Å². The van der Waals surface area contributed by atoms with Crippen molar-refractivity contribution in [1.29, 1.82) is 0 Å².